The van der Waals surface area contributed by atoms with Crippen LogP contribution in [0.3, 0.4) is 0 Å². The van der Waals surface area contributed by atoms with Crippen LogP contribution < -0.4 is 5.32 Å². The first-order valence-electron chi connectivity index (χ1n) is 5.06. The molecule has 0 radical (unpaired) electrons. The summed E-state index contributed by atoms with van der Waals surface area (Å²) in [6.07, 6.45) is 9.17. The number of aldehydes is 1. The van der Waals surface area contributed by atoms with Crippen molar-refractivity contribution in [1.29, 1.82) is 0 Å². The monoisotopic (exact) mass is 190 g/mol. The maximum Gasteiger partial charge on any atom is 0.153 e. The zero-order chi connectivity index (χ0) is 9.80. The summed E-state index contributed by atoms with van der Waals surface area (Å²) in [6, 6.07) is 2.40. The second kappa shape index (κ2) is 4.22. The molecule has 1 aliphatic carbocycles. The lowest BCUT2D eigenvalue weighted by molar-refractivity contribution is 0.112. The summed E-state index contributed by atoms with van der Waals surface area (Å²) in [5.41, 5.74) is 1.57. The molecule has 0 atom stereocenters. The van der Waals surface area contributed by atoms with Gasteiger partial charge in [0.1, 0.15) is 0 Å². The molecule has 1 fully saturated rings. The predicted molar refractivity (Wildman–Crippen MR) is 55.5 cm³/mol. The molecule has 1 N–H and O–H groups in total. The number of carbonyl (C=O) groups excluding carboxylic acids is 1. The Labute approximate surface area is 83.5 Å². The van der Waals surface area contributed by atoms with Gasteiger partial charge in [0.05, 0.1) is 5.56 Å². The number of carbonyl (C=O) groups is 1. The summed E-state index contributed by atoms with van der Waals surface area (Å²) >= 11 is 0. The van der Waals surface area contributed by atoms with Crippen LogP contribution in [-0.2, 0) is 0 Å². The van der Waals surface area contributed by atoms with Gasteiger partial charge in [-0.05, 0) is 18.9 Å². The van der Waals surface area contributed by atoms with E-state index < -0.39 is 0 Å². The Morgan fingerprint density at radius 1 is 1.43 bits per heavy atom. The molecule has 1 saturated carbocycles. The number of nitrogens with one attached hydrogen (secondary N) is 1. The molecule has 74 valence electrons. The first-order chi connectivity index (χ1) is 6.90. The third-order valence-electron chi connectivity index (χ3n) is 2.69. The van der Waals surface area contributed by atoms with Gasteiger partial charge in [-0.25, -0.2) is 0 Å². The van der Waals surface area contributed by atoms with Gasteiger partial charge in [0.2, 0.25) is 0 Å². The molecule has 1 aliphatic rings. The normalized spacial score (nSPS) is 16.9. The molecule has 2 rings (SSSR count). The van der Waals surface area contributed by atoms with E-state index in [0.29, 0.717) is 11.6 Å². The summed E-state index contributed by atoms with van der Waals surface area (Å²) < 4.78 is 0. The second-order valence-electron chi connectivity index (χ2n) is 3.71. The predicted octanol–water partition coefficient (Wildman–Crippen LogP) is 2.25. The Morgan fingerprint density at radius 2 is 2.21 bits per heavy atom. The van der Waals surface area contributed by atoms with Gasteiger partial charge in [-0.3, -0.25) is 9.78 Å². The Kier molecular flexibility index (Phi) is 2.77. The lowest BCUT2D eigenvalue weighted by atomic mass is 10.2. The number of pyridine rings is 1. The van der Waals surface area contributed by atoms with Gasteiger partial charge in [0, 0.05) is 24.1 Å². The van der Waals surface area contributed by atoms with Gasteiger partial charge in [-0.1, -0.05) is 12.8 Å². The first kappa shape index (κ1) is 9.19. The smallest absolute Gasteiger partial charge is 0.153 e. The molecule has 3 heteroatoms. The van der Waals surface area contributed by atoms with Gasteiger partial charge in [-0.2, -0.15) is 0 Å². The largest absolute Gasteiger partial charge is 0.382 e. The highest BCUT2D eigenvalue weighted by atomic mass is 16.1. The molecule has 0 aliphatic heterocycles. The number of hydrogen-bond donors (Lipinski definition) is 1. The molecule has 0 spiro atoms. The van der Waals surface area contributed by atoms with E-state index in [1.807, 2.05) is 6.07 Å². The van der Waals surface area contributed by atoms with Crippen LogP contribution in [0.2, 0.25) is 0 Å². The summed E-state index contributed by atoms with van der Waals surface area (Å²) in [4.78, 5) is 14.6. The number of aromatic nitrogens is 1. The van der Waals surface area contributed by atoms with E-state index in [4.69, 9.17) is 0 Å². The molecule has 1 aromatic rings. The molecule has 1 aromatic heterocycles. The van der Waals surface area contributed by atoms with Crippen molar-refractivity contribution in [2.75, 3.05) is 5.32 Å². The van der Waals surface area contributed by atoms with Crippen molar-refractivity contribution in [3.8, 4) is 0 Å². The van der Waals surface area contributed by atoms with Crippen molar-refractivity contribution in [2.24, 2.45) is 0 Å². The number of rotatable bonds is 3. The highest BCUT2D eigenvalue weighted by molar-refractivity contribution is 5.83. The SMILES string of the molecule is O=Cc1cnccc1NC1CCCC1. The van der Waals surface area contributed by atoms with E-state index in [1.165, 1.54) is 25.7 Å². The summed E-state index contributed by atoms with van der Waals surface area (Å²) in [6.45, 7) is 0. The standard InChI is InChI=1S/C11H14N2O/c14-8-9-7-12-6-5-11(9)13-10-3-1-2-4-10/h5-8,10H,1-4H2,(H,12,13). The van der Waals surface area contributed by atoms with Gasteiger partial charge >= 0.3 is 0 Å². The molecule has 0 saturated heterocycles. The fourth-order valence-electron chi connectivity index (χ4n) is 1.92. The average Bonchev–Trinajstić information content (AvgIpc) is 2.71. The van der Waals surface area contributed by atoms with Gasteiger partial charge in [0.15, 0.2) is 6.29 Å². The van der Waals surface area contributed by atoms with Gasteiger partial charge < -0.3 is 5.32 Å². The maximum atomic E-state index is 10.7. The minimum Gasteiger partial charge on any atom is -0.382 e. The second-order valence-corrected chi connectivity index (χ2v) is 3.71. The Balaban J connectivity index is 2.10. The molecular formula is C11H14N2O. The van der Waals surface area contributed by atoms with Crippen LogP contribution in [0.1, 0.15) is 36.0 Å². The zero-order valence-corrected chi connectivity index (χ0v) is 8.07. The molecule has 0 amide bonds. The van der Waals surface area contributed by atoms with Crippen LogP contribution in [0.25, 0.3) is 0 Å². The molecule has 0 bridgehead atoms. The molecular weight excluding hydrogens is 176 g/mol. The number of nitrogens with zero attached hydrogens (tertiary/aromatic N) is 1. The third-order valence-corrected chi connectivity index (χ3v) is 2.69. The van der Waals surface area contributed by atoms with Crippen LogP contribution in [-0.4, -0.2) is 17.3 Å². The molecule has 1 heterocycles. The van der Waals surface area contributed by atoms with E-state index in [1.54, 1.807) is 12.4 Å². The minimum atomic E-state index is 0.538. The van der Waals surface area contributed by atoms with E-state index in [0.717, 1.165) is 12.0 Å². The quantitative estimate of drug-likeness (QED) is 0.743. The average molecular weight is 190 g/mol. The first-order valence-corrected chi connectivity index (χ1v) is 5.06. The van der Waals surface area contributed by atoms with Crippen molar-refractivity contribution < 1.29 is 4.79 Å². The zero-order valence-electron chi connectivity index (χ0n) is 8.07. The van der Waals surface area contributed by atoms with Gasteiger partial charge in [-0.15, -0.1) is 0 Å². The van der Waals surface area contributed by atoms with E-state index in [-0.39, 0.29) is 0 Å². The fourth-order valence-corrected chi connectivity index (χ4v) is 1.92. The van der Waals surface area contributed by atoms with E-state index >= 15 is 0 Å². The Hall–Kier alpha value is -1.38. The summed E-state index contributed by atoms with van der Waals surface area (Å²) in [5, 5.41) is 3.39. The summed E-state index contributed by atoms with van der Waals surface area (Å²) in [5.74, 6) is 0. The van der Waals surface area contributed by atoms with Crippen molar-refractivity contribution in [1.82, 2.24) is 4.98 Å². The number of hydrogen-bond acceptors (Lipinski definition) is 3. The maximum absolute atomic E-state index is 10.7. The Morgan fingerprint density at radius 3 is 2.93 bits per heavy atom. The van der Waals surface area contributed by atoms with Crippen LogP contribution in [0.4, 0.5) is 5.69 Å². The molecule has 3 nitrogen and oxygen atoms in total. The minimum absolute atomic E-state index is 0.538. The van der Waals surface area contributed by atoms with Crippen LogP contribution >= 0.6 is 0 Å². The van der Waals surface area contributed by atoms with E-state index in [2.05, 4.69) is 10.3 Å². The van der Waals surface area contributed by atoms with Crippen LogP contribution in [0.5, 0.6) is 0 Å². The molecule has 0 aromatic carbocycles. The molecule has 14 heavy (non-hydrogen) atoms. The Bertz CT molecular complexity index is 319. The lowest BCUT2D eigenvalue weighted by Gasteiger charge is -2.14. The molecule has 0 unspecified atom stereocenters. The lowest BCUT2D eigenvalue weighted by Crippen LogP contribution is -2.15. The fraction of sp³-hybridized carbons (Fsp3) is 0.455. The van der Waals surface area contributed by atoms with Crippen molar-refractivity contribution in [3.63, 3.8) is 0 Å². The number of anilines is 1. The van der Waals surface area contributed by atoms with E-state index in [9.17, 15) is 4.79 Å². The topological polar surface area (TPSA) is 42.0 Å². The third kappa shape index (κ3) is 1.92. The highest BCUT2D eigenvalue weighted by Gasteiger charge is 2.15. The highest BCUT2D eigenvalue weighted by Crippen LogP contribution is 2.23. The van der Waals surface area contributed by atoms with Crippen molar-refractivity contribution >= 4 is 12.0 Å². The van der Waals surface area contributed by atoms with Gasteiger partial charge in [0.25, 0.3) is 0 Å². The van der Waals surface area contributed by atoms with Crippen LogP contribution in [0, 0.1) is 0 Å². The van der Waals surface area contributed by atoms with Crippen LogP contribution in [0.15, 0.2) is 18.5 Å². The van der Waals surface area contributed by atoms with Crippen molar-refractivity contribution in [3.05, 3.63) is 24.0 Å². The summed E-state index contributed by atoms with van der Waals surface area (Å²) in [7, 11) is 0. The van der Waals surface area contributed by atoms with Crippen molar-refractivity contribution in [2.45, 2.75) is 31.7 Å².